The van der Waals surface area contributed by atoms with Crippen molar-refractivity contribution in [1.82, 2.24) is 10.1 Å². The molecule has 0 radical (unpaired) electrons. The zero-order valence-corrected chi connectivity index (χ0v) is 10.9. The highest BCUT2D eigenvalue weighted by Crippen LogP contribution is 2.29. The third-order valence-corrected chi connectivity index (χ3v) is 3.58. The molecule has 0 aliphatic heterocycles. The van der Waals surface area contributed by atoms with Crippen molar-refractivity contribution in [3.05, 3.63) is 46.8 Å². The summed E-state index contributed by atoms with van der Waals surface area (Å²) in [5.74, 6) is 0.930. The van der Waals surface area contributed by atoms with Crippen molar-refractivity contribution in [1.29, 1.82) is 5.26 Å². The lowest BCUT2D eigenvalue weighted by molar-refractivity contribution is 0.433. The molecule has 4 nitrogen and oxygen atoms in total. The van der Waals surface area contributed by atoms with E-state index in [2.05, 4.69) is 16.2 Å². The summed E-state index contributed by atoms with van der Waals surface area (Å²) >= 11 is 1.42. The van der Waals surface area contributed by atoms with E-state index >= 15 is 0 Å². The third-order valence-electron chi connectivity index (χ3n) is 2.68. The van der Waals surface area contributed by atoms with E-state index in [0.29, 0.717) is 22.2 Å². The zero-order chi connectivity index (χ0) is 13.2. The number of hydrogen-bond donors (Lipinski definition) is 0. The number of aromatic nitrogens is 2. The minimum atomic E-state index is 0.392. The highest BCUT2D eigenvalue weighted by Gasteiger charge is 2.15. The van der Waals surface area contributed by atoms with Gasteiger partial charge < -0.3 is 4.52 Å². The second-order valence-electron chi connectivity index (χ2n) is 4.07. The Morgan fingerprint density at radius 2 is 2.21 bits per heavy atom. The number of nitrogens with zero attached hydrogens (tertiary/aromatic N) is 3. The Labute approximate surface area is 113 Å². The molecule has 0 N–H and O–H groups in total. The molecule has 2 heterocycles. The maximum atomic E-state index is 9.00. The Morgan fingerprint density at radius 3 is 3.00 bits per heavy atom. The fourth-order valence-corrected chi connectivity index (χ4v) is 2.54. The molecule has 3 rings (SSSR count). The predicted octanol–water partition coefficient (Wildman–Crippen LogP) is 3.65. The van der Waals surface area contributed by atoms with E-state index in [9.17, 15) is 0 Å². The molecule has 0 fully saturated rings. The number of nitriles is 1. The number of hydrogen-bond acceptors (Lipinski definition) is 5. The van der Waals surface area contributed by atoms with E-state index < -0.39 is 0 Å². The Kier molecular flexibility index (Phi) is 2.86. The van der Waals surface area contributed by atoms with Gasteiger partial charge in [0.1, 0.15) is 10.9 Å². The molecule has 0 aliphatic carbocycles. The molecule has 0 bridgehead atoms. The van der Waals surface area contributed by atoms with Crippen LogP contribution in [0.2, 0.25) is 0 Å². The first kappa shape index (κ1) is 11.6. The first-order chi connectivity index (χ1) is 9.28. The average Bonchev–Trinajstić information content (AvgIpc) is 3.07. The molecular formula is C14H9N3OS. The van der Waals surface area contributed by atoms with Crippen molar-refractivity contribution in [3.8, 4) is 28.2 Å². The lowest BCUT2D eigenvalue weighted by Crippen LogP contribution is -1.82. The molecule has 5 heteroatoms. The van der Waals surface area contributed by atoms with Gasteiger partial charge in [0, 0.05) is 5.56 Å². The van der Waals surface area contributed by atoms with Gasteiger partial charge in [0.2, 0.25) is 5.82 Å². The van der Waals surface area contributed by atoms with Gasteiger partial charge >= 0.3 is 0 Å². The van der Waals surface area contributed by atoms with Crippen LogP contribution < -0.4 is 0 Å². The summed E-state index contributed by atoms with van der Waals surface area (Å²) in [6, 6.07) is 11.7. The quantitative estimate of drug-likeness (QED) is 0.711. The van der Waals surface area contributed by atoms with Crippen LogP contribution in [-0.2, 0) is 0 Å². The van der Waals surface area contributed by atoms with Gasteiger partial charge in [-0.1, -0.05) is 28.9 Å². The molecule has 0 saturated carbocycles. The summed E-state index contributed by atoms with van der Waals surface area (Å²) in [4.78, 5) is 5.07. The van der Waals surface area contributed by atoms with Crippen LogP contribution in [0.25, 0.3) is 22.2 Å². The maximum absolute atomic E-state index is 9.00. The number of aryl methyl sites for hydroxylation is 1. The second kappa shape index (κ2) is 4.67. The van der Waals surface area contributed by atoms with Crippen LogP contribution in [0.15, 0.2) is 40.2 Å². The van der Waals surface area contributed by atoms with Crippen LogP contribution in [0.5, 0.6) is 0 Å². The van der Waals surface area contributed by atoms with E-state index in [0.717, 1.165) is 11.1 Å². The monoisotopic (exact) mass is 267 g/mol. The summed E-state index contributed by atoms with van der Waals surface area (Å²) < 4.78 is 5.24. The third kappa shape index (κ3) is 2.14. The van der Waals surface area contributed by atoms with Crippen molar-refractivity contribution < 1.29 is 4.52 Å². The van der Waals surface area contributed by atoms with E-state index in [-0.39, 0.29) is 0 Å². The van der Waals surface area contributed by atoms with Gasteiger partial charge in [-0.05, 0) is 24.4 Å². The molecule has 0 aliphatic rings. The number of thiophene rings is 1. The first-order valence-electron chi connectivity index (χ1n) is 5.66. The second-order valence-corrected chi connectivity index (χ2v) is 4.98. The van der Waals surface area contributed by atoms with Crippen LogP contribution in [0.1, 0.15) is 11.1 Å². The summed E-state index contributed by atoms with van der Waals surface area (Å²) in [6.07, 6.45) is 0. The average molecular weight is 267 g/mol. The molecule has 92 valence electrons. The molecule has 0 spiro atoms. The summed E-state index contributed by atoms with van der Waals surface area (Å²) in [6.45, 7) is 2.01. The molecule has 0 atom stereocenters. The van der Waals surface area contributed by atoms with E-state index in [1.54, 1.807) is 6.07 Å². The molecule has 0 unspecified atom stereocenters. The summed E-state index contributed by atoms with van der Waals surface area (Å²) in [7, 11) is 0. The van der Waals surface area contributed by atoms with E-state index in [1.807, 2.05) is 36.6 Å². The van der Waals surface area contributed by atoms with Gasteiger partial charge in [-0.2, -0.15) is 10.2 Å². The molecule has 2 aromatic heterocycles. The van der Waals surface area contributed by atoms with Crippen molar-refractivity contribution in [2.45, 2.75) is 6.92 Å². The molecule has 0 amide bonds. The van der Waals surface area contributed by atoms with Gasteiger partial charge in [0.25, 0.3) is 5.89 Å². The van der Waals surface area contributed by atoms with Crippen LogP contribution in [0.4, 0.5) is 0 Å². The van der Waals surface area contributed by atoms with Gasteiger partial charge in [-0.25, -0.2) is 0 Å². The lowest BCUT2D eigenvalue weighted by Gasteiger charge is -1.95. The predicted molar refractivity (Wildman–Crippen MR) is 72.5 cm³/mol. The van der Waals surface area contributed by atoms with Crippen LogP contribution >= 0.6 is 11.3 Å². The Balaban J connectivity index is 2.03. The standard InChI is InChI=1S/C14H9N3OS/c1-9-3-2-4-10(7-9)13-16-14(18-17-13)12-11(8-15)5-6-19-12/h2-7H,1H3. The lowest BCUT2D eigenvalue weighted by atomic mass is 10.1. The number of benzene rings is 1. The summed E-state index contributed by atoms with van der Waals surface area (Å²) in [5.41, 5.74) is 2.60. The Morgan fingerprint density at radius 1 is 1.32 bits per heavy atom. The highest BCUT2D eigenvalue weighted by molar-refractivity contribution is 7.13. The van der Waals surface area contributed by atoms with Gasteiger partial charge in [0.05, 0.1) is 5.56 Å². The SMILES string of the molecule is Cc1cccc(-c2noc(-c3sccc3C#N)n2)c1. The van der Waals surface area contributed by atoms with Crippen LogP contribution in [-0.4, -0.2) is 10.1 Å². The highest BCUT2D eigenvalue weighted by atomic mass is 32.1. The van der Waals surface area contributed by atoms with Crippen LogP contribution in [0.3, 0.4) is 0 Å². The van der Waals surface area contributed by atoms with Crippen molar-refractivity contribution in [2.75, 3.05) is 0 Å². The largest absolute Gasteiger partial charge is 0.333 e. The maximum Gasteiger partial charge on any atom is 0.269 e. The molecule has 3 aromatic rings. The molecule has 1 aromatic carbocycles. The normalized spacial score (nSPS) is 10.3. The molecule has 19 heavy (non-hydrogen) atoms. The first-order valence-corrected chi connectivity index (χ1v) is 6.54. The van der Waals surface area contributed by atoms with Crippen LogP contribution in [0, 0.1) is 18.3 Å². The van der Waals surface area contributed by atoms with Gasteiger partial charge in [-0.15, -0.1) is 11.3 Å². The molecule has 0 saturated heterocycles. The Bertz CT molecular complexity index is 767. The molecular weight excluding hydrogens is 258 g/mol. The Hall–Kier alpha value is -2.45. The minimum Gasteiger partial charge on any atom is -0.333 e. The fourth-order valence-electron chi connectivity index (χ4n) is 1.78. The zero-order valence-electron chi connectivity index (χ0n) is 10.1. The van der Waals surface area contributed by atoms with Gasteiger partial charge in [-0.3, -0.25) is 0 Å². The van der Waals surface area contributed by atoms with Crippen molar-refractivity contribution in [2.24, 2.45) is 0 Å². The fraction of sp³-hybridized carbons (Fsp3) is 0.0714. The smallest absolute Gasteiger partial charge is 0.269 e. The van der Waals surface area contributed by atoms with Crippen molar-refractivity contribution in [3.63, 3.8) is 0 Å². The number of rotatable bonds is 2. The van der Waals surface area contributed by atoms with E-state index in [1.165, 1.54) is 11.3 Å². The topological polar surface area (TPSA) is 62.7 Å². The van der Waals surface area contributed by atoms with Crippen molar-refractivity contribution >= 4 is 11.3 Å². The summed E-state index contributed by atoms with van der Waals surface area (Å²) in [5, 5.41) is 14.8. The van der Waals surface area contributed by atoms with E-state index in [4.69, 9.17) is 9.78 Å². The minimum absolute atomic E-state index is 0.392. The van der Waals surface area contributed by atoms with Gasteiger partial charge in [0.15, 0.2) is 0 Å².